The summed E-state index contributed by atoms with van der Waals surface area (Å²) in [4.78, 5) is 26.0. The summed E-state index contributed by atoms with van der Waals surface area (Å²) in [6, 6.07) is 10.6. The molecule has 0 spiro atoms. The molecule has 3 atom stereocenters. The van der Waals surface area contributed by atoms with Gasteiger partial charge in [-0.05, 0) is 42.0 Å². The average molecular weight is 522 g/mol. The summed E-state index contributed by atoms with van der Waals surface area (Å²) in [6.45, 7) is 1.96. The van der Waals surface area contributed by atoms with Gasteiger partial charge in [0.05, 0.1) is 21.4 Å². The summed E-state index contributed by atoms with van der Waals surface area (Å²) in [5.41, 5.74) is 9.76. The fraction of sp³-hybridized carbons (Fsp3) is 0.280. The molecule has 5 aromatic rings. The van der Waals surface area contributed by atoms with Crippen molar-refractivity contribution < 1.29 is 4.39 Å². The number of fused-ring (bicyclic) bond motifs is 3. The van der Waals surface area contributed by atoms with Crippen molar-refractivity contribution in [2.24, 2.45) is 17.6 Å². The van der Waals surface area contributed by atoms with Gasteiger partial charge in [-0.2, -0.15) is 5.10 Å². The van der Waals surface area contributed by atoms with Gasteiger partial charge in [-0.15, -0.1) is 0 Å². The number of aromatic nitrogens is 5. The molecule has 0 amide bonds. The Morgan fingerprint density at radius 1 is 1.25 bits per heavy atom. The Morgan fingerprint density at radius 3 is 2.94 bits per heavy atom. The van der Waals surface area contributed by atoms with Crippen LogP contribution in [-0.4, -0.2) is 44.8 Å². The highest BCUT2D eigenvalue weighted by atomic mass is 35.5. The number of rotatable bonds is 4. The van der Waals surface area contributed by atoms with Gasteiger partial charge < -0.3 is 15.6 Å². The Hall–Kier alpha value is -3.34. The van der Waals surface area contributed by atoms with Crippen LogP contribution in [0.2, 0.25) is 5.02 Å². The topological polar surface area (TPSA) is 117 Å². The van der Waals surface area contributed by atoms with E-state index in [4.69, 9.17) is 22.3 Å². The van der Waals surface area contributed by atoms with Gasteiger partial charge in [0, 0.05) is 30.6 Å². The summed E-state index contributed by atoms with van der Waals surface area (Å²) in [5.74, 6) is 1.20. The first-order valence-corrected chi connectivity index (χ1v) is 12.9. The number of hydrogen-bond donors (Lipinski definition) is 3. The van der Waals surface area contributed by atoms with E-state index >= 15 is 0 Å². The molecule has 1 saturated heterocycles. The van der Waals surface area contributed by atoms with Gasteiger partial charge in [-0.25, -0.2) is 14.4 Å². The first-order valence-electron chi connectivity index (χ1n) is 11.7. The minimum absolute atomic E-state index is 0.159. The number of thiazole rings is 1. The zero-order chi connectivity index (χ0) is 24.6. The Labute approximate surface area is 213 Å². The molecule has 4 N–H and O–H groups in total. The highest BCUT2D eigenvalue weighted by Gasteiger charge is 2.66. The highest BCUT2D eigenvalue weighted by molar-refractivity contribution is 7.17. The number of piperidine rings is 1. The van der Waals surface area contributed by atoms with Crippen molar-refractivity contribution in [1.82, 2.24) is 25.1 Å². The van der Waals surface area contributed by atoms with Crippen molar-refractivity contribution in [3.63, 3.8) is 0 Å². The molecule has 1 saturated carbocycles. The van der Waals surface area contributed by atoms with Gasteiger partial charge in [-0.1, -0.05) is 41.1 Å². The molecule has 2 fully saturated rings. The fourth-order valence-corrected chi connectivity index (χ4v) is 7.28. The minimum atomic E-state index is -0.322. The van der Waals surface area contributed by atoms with Gasteiger partial charge in [0.25, 0.3) is 0 Å². The van der Waals surface area contributed by atoms with Crippen LogP contribution in [-0.2, 0) is 5.41 Å². The summed E-state index contributed by atoms with van der Waals surface area (Å²) in [7, 11) is 0. The van der Waals surface area contributed by atoms with Crippen molar-refractivity contribution >= 4 is 50.1 Å². The number of H-pyrrole nitrogens is 2. The molecule has 0 radical (unpaired) electrons. The number of aromatic amines is 2. The molecule has 11 heteroatoms. The Bertz CT molecular complexity index is 1710. The van der Waals surface area contributed by atoms with Gasteiger partial charge in [0.1, 0.15) is 22.8 Å². The average Bonchev–Trinajstić information content (AvgIpc) is 3.12. The normalized spacial score (nSPS) is 23.4. The molecule has 7 rings (SSSR count). The number of nitrogens with one attached hydrogen (secondary N) is 2. The quantitative estimate of drug-likeness (QED) is 0.328. The second kappa shape index (κ2) is 7.83. The summed E-state index contributed by atoms with van der Waals surface area (Å²) in [5, 5.41) is 7.88. The molecule has 0 unspecified atom stereocenters. The van der Waals surface area contributed by atoms with Gasteiger partial charge >= 0.3 is 4.87 Å². The first-order chi connectivity index (χ1) is 17.5. The van der Waals surface area contributed by atoms with Crippen molar-refractivity contribution in [2.75, 3.05) is 24.5 Å². The van der Waals surface area contributed by atoms with E-state index in [1.165, 1.54) is 6.07 Å². The van der Waals surface area contributed by atoms with Crippen LogP contribution < -0.4 is 15.5 Å². The standard InChI is InChI=1S/C25H21ClFN7OS/c26-19-12(5-6-17-22(19)36-24(35)30-17)20-21-23(33-32-20)31-18(9-29-21)34-8-7-13-15(10-34)25(13,11-28)14-3-1-2-4-16(14)27/h1-6,9,13,15H,7-8,10-11,28H2,(H,30,35)(H,31,32,33)/t13-,15+,25-/m1/s1. The number of nitrogens with zero attached hydrogens (tertiary/aromatic N) is 4. The Balaban J connectivity index is 1.20. The highest BCUT2D eigenvalue weighted by Crippen LogP contribution is 2.63. The molecule has 3 aromatic heterocycles. The maximum absolute atomic E-state index is 14.7. The van der Waals surface area contributed by atoms with Gasteiger partial charge in [0.2, 0.25) is 0 Å². The number of nitrogens with two attached hydrogens (primary N) is 1. The molecule has 2 aliphatic rings. The van der Waals surface area contributed by atoms with Crippen LogP contribution in [0.15, 0.2) is 47.4 Å². The van der Waals surface area contributed by atoms with E-state index in [0.717, 1.165) is 42.2 Å². The molecule has 1 aliphatic heterocycles. The zero-order valence-corrected chi connectivity index (χ0v) is 20.5. The van der Waals surface area contributed by atoms with Crippen LogP contribution in [0, 0.1) is 17.7 Å². The maximum Gasteiger partial charge on any atom is 0.305 e. The second-order valence-electron chi connectivity index (χ2n) is 9.49. The molecular formula is C25H21ClFN7OS. The minimum Gasteiger partial charge on any atom is -0.355 e. The Kier molecular flexibility index (Phi) is 4.76. The predicted octanol–water partition coefficient (Wildman–Crippen LogP) is 4.07. The number of halogens is 2. The monoisotopic (exact) mass is 521 g/mol. The van der Waals surface area contributed by atoms with E-state index in [2.05, 4.69) is 25.1 Å². The van der Waals surface area contributed by atoms with Crippen LogP contribution in [0.5, 0.6) is 0 Å². The number of hydrogen-bond acceptors (Lipinski definition) is 7. The lowest BCUT2D eigenvalue weighted by atomic mass is 9.91. The third kappa shape index (κ3) is 3.01. The molecule has 8 nitrogen and oxygen atoms in total. The van der Waals surface area contributed by atoms with Crippen LogP contribution >= 0.6 is 22.9 Å². The maximum atomic E-state index is 14.7. The smallest absolute Gasteiger partial charge is 0.305 e. The SMILES string of the molecule is NC[C@]1(c2ccccc2F)[C@@H]2CCN(c3cnc4c(-c5ccc6[nH]c(=O)sc6c5Cl)n[nH]c4n3)C[C@@H]21. The van der Waals surface area contributed by atoms with E-state index in [1.54, 1.807) is 12.3 Å². The summed E-state index contributed by atoms with van der Waals surface area (Å²) in [6.07, 6.45) is 2.66. The summed E-state index contributed by atoms with van der Waals surface area (Å²) < 4.78 is 15.4. The third-order valence-electron chi connectivity index (χ3n) is 7.91. The van der Waals surface area contributed by atoms with Crippen LogP contribution in [0.3, 0.4) is 0 Å². The lowest BCUT2D eigenvalue weighted by Gasteiger charge is -2.26. The molecular weight excluding hydrogens is 501 g/mol. The van der Waals surface area contributed by atoms with Crippen molar-refractivity contribution in [1.29, 1.82) is 0 Å². The molecule has 36 heavy (non-hydrogen) atoms. The largest absolute Gasteiger partial charge is 0.355 e. The second-order valence-corrected chi connectivity index (χ2v) is 10.8. The molecule has 0 bridgehead atoms. The van der Waals surface area contributed by atoms with Crippen LogP contribution in [0.4, 0.5) is 10.2 Å². The van der Waals surface area contributed by atoms with Crippen molar-refractivity contribution in [2.45, 2.75) is 11.8 Å². The predicted molar refractivity (Wildman–Crippen MR) is 139 cm³/mol. The number of anilines is 1. The van der Waals surface area contributed by atoms with E-state index in [9.17, 15) is 9.18 Å². The first kappa shape index (κ1) is 21.9. The van der Waals surface area contributed by atoms with Gasteiger partial charge in [0.15, 0.2) is 5.65 Å². The molecule has 4 heterocycles. The van der Waals surface area contributed by atoms with Crippen molar-refractivity contribution in [3.05, 3.63) is 68.7 Å². The molecule has 1 aliphatic carbocycles. The van der Waals surface area contributed by atoms with Gasteiger partial charge in [-0.3, -0.25) is 9.89 Å². The molecule has 182 valence electrons. The van der Waals surface area contributed by atoms with E-state index in [-0.39, 0.29) is 22.0 Å². The van der Waals surface area contributed by atoms with E-state index < -0.39 is 0 Å². The van der Waals surface area contributed by atoms with Crippen LogP contribution in [0.1, 0.15) is 12.0 Å². The fourth-order valence-electron chi connectivity index (χ4n) is 6.13. The molecule has 2 aromatic carbocycles. The van der Waals surface area contributed by atoms with E-state index in [1.807, 2.05) is 24.3 Å². The number of benzene rings is 2. The Morgan fingerprint density at radius 2 is 2.11 bits per heavy atom. The zero-order valence-electron chi connectivity index (χ0n) is 19.0. The van der Waals surface area contributed by atoms with Crippen molar-refractivity contribution in [3.8, 4) is 11.3 Å². The summed E-state index contributed by atoms with van der Waals surface area (Å²) >= 11 is 7.69. The lowest BCUT2D eigenvalue weighted by Crippen LogP contribution is -2.32. The lowest BCUT2D eigenvalue weighted by molar-refractivity contribution is 0.533. The third-order valence-corrected chi connectivity index (χ3v) is 9.33. The van der Waals surface area contributed by atoms with E-state index in [0.29, 0.717) is 50.1 Å². The van der Waals surface area contributed by atoms with Crippen LogP contribution in [0.25, 0.3) is 32.6 Å².